The number of ether oxygens (including phenoxy) is 1. The topological polar surface area (TPSA) is 29.5 Å². The summed E-state index contributed by atoms with van der Waals surface area (Å²) < 4.78 is 17.9. The second kappa shape index (κ2) is 5.83. The Morgan fingerprint density at radius 1 is 1.33 bits per heavy atom. The summed E-state index contributed by atoms with van der Waals surface area (Å²) in [5.41, 5.74) is 0.912. The highest BCUT2D eigenvalue weighted by molar-refractivity contribution is 5.16. The van der Waals surface area contributed by atoms with Crippen LogP contribution in [0.15, 0.2) is 24.3 Å². The first-order valence-corrected chi connectivity index (χ1v) is 5.17. The van der Waals surface area contributed by atoms with Crippen LogP contribution in [0, 0.1) is 5.82 Å². The molecule has 1 aromatic rings. The third-order valence-corrected chi connectivity index (χ3v) is 2.33. The Morgan fingerprint density at radius 2 is 1.93 bits per heavy atom. The monoisotopic (exact) mass is 212 g/mol. The Bertz CT molecular complexity index is 284. The standard InChI is InChI=1S/C12H17FO2/c1-3-15-9(2)12(14)8-10-4-6-11(13)7-5-10/h4-7,9,12,14H,3,8H2,1-2H3. The molecule has 84 valence electrons. The van der Waals surface area contributed by atoms with E-state index in [0.717, 1.165) is 5.56 Å². The summed E-state index contributed by atoms with van der Waals surface area (Å²) in [5.74, 6) is -0.258. The van der Waals surface area contributed by atoms with Crippen LogP contribution in [-0.2, 0) is 11.2 Å². The lowest BCUT2D eigenvalue weighted by molar-refractivity contribution is -0.0208. The van der Waals surface area contributed by atoms with Gasteiger partial charge in [0.05, 0.1) is 12.2 Å². The Kier molecular flexibility index (Phi) is 4.72. The van der Waals surface area contributed by atoms with Gasteiger partial charge in [0, 0.05) is 13.0 Å². The Hall–Kier alpha value is -0.930. The van der Waals surface area contributed by atoms with Gasteiger partial charge in [0.15, 0.2) is 0 Å². The van der Waals surface area contributed by atoms with Crippen molar-refractivity contribution in [3.63, 3.8) is 0 Å². The molecule has 2 nitrogen and oxygen atoms in total. The predicted octanol–water partition coefficient (Wildman–Crippen LogP) is 2.15. The average molecular weight is 212 g/mol. The number of benzene rings is 1. The molecule has 0 bridgehead atoms. The third-order valence-electron chi connectivity index (χ3n) is 2.33. The van der Waals surface area contributed by atoms with E-state index in [2.05, 4.69) is 0 Å². The maximum atomic E-state index is 12.6. The molecule has 3 heteroatoms. The zero-order valence-corrected chi connectivity index (χ0v) is 9.11. The number of rotatable bonds is 5. The van der Waals surface area contributed by atoms with E-state index >= 15 is 0 Å². The van der Waals surface area contributed by atoms with Gasteiger partial charge in [-0.15, -0.1) is 0 Å². The molecule has 0 radical (unpaired) electrons. The summed E-state index contributed by atoms with van der Waals surface area (Å²) in [7, 11) is 0. The zero-order valence-electron chi connectivity index (χ0n) is 9.11. The van der Waals surface area contributed by atoms with Gasteiger partial charge in [-0.25, -0.2) is 4.39 Å². The van der Waals surface area contributed by atoms with E-state index in [4.69, 9.17) is 4.74 Å². The summed E-state index contributed by atoms with van der Waals surface area (Å²) in [6, 6.07) is 6.15. The smallest absolute Gasteiger partial charge is 0.123 e. The number of hydrogen-bond donors (Lipinski definition) is 1. The maximum absolute atomic E-state index is 12.6. The first-order valence-electron chi connectivity index (χ1n) is 5.17. The lowest BCUT2D eigenvalue weighted by Gasteiger charge is -2.18. The van der Waals surface area contributed by atoms with E-state index in [1.165, 1.54) is 12.1 Å². The molecule has 0 saturated heterocycles. The van der Waals surface area contributed by atoms with Crippen molar-refractivity contribution in [1.82, 2.24) is 0 Å². The Balaban J connectivity index is 2.50. The van der Waals surface area contributed by atoms with E-state index in [1.54, 1.807) is 12.1 Å². The van der Waals surface area contributed by atoms with Crippen LogP contribution in [0.25, 0.3) is 0 Å². The Morgan fingerprint density at radius 3 is 2.47 bits per heavy atom. The highest BCUT2D eigenvalue weighted by Crippen LogP contribution is 2.09. The van der Waals surface area contributed by atoms with Crippen molar-refractivity contribution in [2.75, 3.05) is 6.61 Å². The number of aliphatic hydroxyl groups excluding tert-OH is 1. The fourth-order valence-corrected chi connectivity index (χ4v) is 1.40. The SMILES string of the molecule is CCOC(C)C(O)Cc1ccc(F)cc1. The van der Waals surface area contributed by atoms with Crippen LogP contribution in [0.2, 0.25) is 0 Å². The van der Waals surface area contributed by atoms with Gasteiger partial charge < -0.3 is 9.84 Å². The fraction of sp³-hybridized carbons (Fsp3) is 0.500. The van der Waals surface area contributed by atoms with Gasteiger partial charge in [-0.1, -0.05) is 12.1 Å². The molecule has 2 atom stereocenters. The van der Waals surface area contributed by atoms with Gasteiger partial charge in [-0.2, -0.15) is 0 Å². The summed E-state index contributed by atoms with van der Waals surface area (Å²) >= 11 is 0. The molecule has 0 amide bonds. The molecular weight excluding hydrogens is 195 g/mol. The van der Waals surface area contributed by atoms with Crippen molar-refractivity contribution in [2.24, 2.45) is 0 Å². The van der Waals surface area contributed by atoms with Crippen LogP contribution in [-0.4, -0.2) is 23.9 Å². The van der Waals surface area contributed by atoms with Crippen LogP contribution in [0.4, 0.5) is 4.39 Å². The summed E-state index contributed by atoms with van der Waals surface area (Å²) in [6.45, 7) is 4.31. The van der Waals surface area contributed by atoms with Crippen molar-refractivity contribution in [3.05, 3.63) is 35.6 Å². The lowest BCUT2D eigenvalue weighted by Crippen LogP contribution is -2.28. The van der Waals surface area contributed by atoms with Crippen LogP contribution in [0.5, 0.6) is 0 Å². The molecule has 15 heavy (non-hydrogen) atoms. The molecule has 0 heterocycles. The zero-order chi connectivity index (χ0) is 11.3. The molecule has 0 aliphatic rings. The summed E-state index contributed by atoms with van der Waals surface area (Å²) in [5, 5.41) is 9.75. The average Bonchev–Trinajstić information content (AvgIpc) is 2.22. The predicted molar refractivity (Wildman–Crippen MR) is 57.2 cm³/mol. The van der Waals surface area contributed by atoms with Gasteiger partial charge >= 0.3 is 0 Å². The van der Waals surface area contributed by atoms with Gasteiger partial charge in [0.25, 0.3) is 0 Å². The van der Waals surface area contributed by atoms with E-state index in [9.17, 15) is 9.50 Å². The Labute approximate surface area is 89.7 Å². The fourth-order valence-electron chi connectivity index (χ4n) is 1.40. The van der Waals surface area contributed by atoms with Crippen LogP contribution < -0.4 is 0 Å². The van der Waals surface area contributed by atoms with E-state index in [1.807, 2.05) is 13.8 Å². The minimum atomic E-state index is -0.546. The second-order valence-corrected chi connectivity index (χ2v) is 3.56. The summed E-state index contributed by atoms with van der Waals surface area (Å²) in [6.07, 6.45) is -0.253. The number of hydrogen-bond acceptors (Lipinski definition) is 2. The maximum Gasteiger partial charge on any atom is 0.123 e. The van der Waals surface area contributed by atoms with Crippen LogP contribution in [0.1, 0.15) is 19.4 Å². The lowest BCUT2D eigenvalue weighted by atomic mass is 10.0. The van der Waals surface area contributed by atoms with E-state index in [-0.39, 0.29) is 11.9 Å². The van der Waals surface area contributed by atoms with Crippen molar-refractivity contribution < 1.29 is 14.2 Å². The molecule has 0 fully saturated rings. The minimum absolute atomic E-state index is 0.194. The molecule has 0 aliphatic heterocycles. The van der Waals surface area contributed by atoms with Crippen LogP contribution >= 0.6 is 0 Å². The first-order chi connectivity index (χ1) is 7.13. The minimum Gasteiger partial charge on any atom is -0.390 e. The largest absolute Gasteiger partial charge is 0.390 e. The van der Waals surface area contributed by atoms with Crippen LogP contribution in [0.3, 0.4) is 0 Å². The molecular formula is C12H17FO2. The van der Waals surface area contributed by atoms with Crippen molar-refractivity contribution in [3.8, 4) is 0 Å². The van der Waals surface area contributed by atoms with Gasteiger partial charge in [-0.3, -0.25) is 0 Å². The molecule has 0 aromatic heterocycles. The molecule has 1 aromatic carbocycles. The number of halogens is 1. The van der Waals surface area contributed by atoms with Gasteiger partial charge in [-0.05, 0) is 31.5 Å². The number of aliphatic hydroxyl groups is 1. The van der Waals surface area contributed by atoms with Crippen molar-refractivity contribution in [2.45, 2.75) is 32.5 Å². The highest BCUT2D eigenvalue weighted by Gasteiger charge is 2.14. The second-order valence-electron chi connectivity index (χ2n) is 3.56. The molecule has 0 aliphatic carbocycles. The molecule has 0 spiro atoms. The molecule has 1 rings (SSSR count). The van der Waals surface area contributed by atoms with Crippen molar-refractivity contribution >= 4 is 0 Å². The third kappa shape index (κ3) is 3.98. The van der Waals surface area contributed by atoms with E-state index < -0.39 is 6.10 Å². The molecule has 0 saturated carbocycles. The molecule has 2 unspecified atom stereocenters. The van der Waals surface area contributed by atoms with Gasteiger partial charge in [0.2, 0.25) is 0 Å². The summed E-state index contributed by atoms with van der Waals surface area (Å²) in [4.78, 5) is 0. The first kappa shape index (κ1) is 12.1. The molecule has 1 N–H and O–H groups in total. The normalized spacial score (nSPS) is 14.9. The highest BCUT2D eigenvalue weighted by atomic mass is 19.1. The van der Waals surface area contributed by atoms with E-state index in [0.29, 0.717) is 13.0 Å². The van der Waals surface area contributed by atoms with Crippen molar-refractivity contribution in [1.29, 1.82) is 0 Å². The van der Waals surface area contributed by atoms with Gasteiger partial charge in [0.1, 0.15) is 5.82 Å². The quantitative estimate of drug-likeness (QED) is 0.810.